The molecule has 0 spiro atoms. The number of benzene rings is 1. The first-order valence-electron chi connectivity index (χ1n) is 6.19. The van der Waals surface area contributed by atoms with E-state index >= 15 is 0 Å². The third-order valence-corrected chi connectivity index (χ3v) is 4.36. The predicted molar refractivity (Wildman–Crippen MR) is 68.7 cm³/mol. The van der Waals surface area contributed by atoms with Crippen LogP contribution in [0.5, 0.6) is 17.2 Å². The Bertz CT molecular complexity index is 480. The van der Waals surface area contributed by atoms with Crippen LogP contribution in [-0.2, 0) is 5.41 Å². The summed E-state index contributed by atoms with van der Waals surface area (Å²) < 4.78 is 11.2. The van der Waals surface area contributed by atoms with Gasteiger partial charge in [-0.05, 0) is 12.8 Å². The number of fused-ring (bicyclic) bond motifs is 1. The standard InChI is InChI=1S/C13H16ClNO3/c14-11-8(16)6-9-12(18-5-4-17-9)10(11)13(7-15)2-1-3-13/h6,16H,1-5,7,15H2. The van der Waals surface area contributed by atoms with Crippen molar-refractivity contribution in [3.63, 3.8) is 0 Å². The van der Waals surface area contributed by atoms with Gasteiger partial charge in [0.2, 0.25) is 0 Å². The molecule has 0 bridgehead atoms. The van der Waals surface area contributed by atoms with Crippen LogP contribution in [0.2, 0.25) is 5.02 Å². The number of phenolic OH excluding ortho intramolecular Hbond substituents is 1. The second-order valence-electron chi connectivity index (χ2n) is 4.95. The highest BCUT2D eigenvalue weighted by atomic mass is 35.5. The Morgan fingerprint density at radius 1 is 1.33 bits per heavy atom. The molecule has 1 aromatic carbocycles. The molecule has 18 heavy (non-hydrogen) atoms. The van der Waals surface area contributed by atoms with E-state index in [0.717, 1.165) is 24.8 Å². The summed E-state index contributed by atoms with van der Waals surface area (Å²) in [7, 11) is 0. The molecular weight excluding hydrogens is 254 g/mol. The van der Waals surface area contributed by atoms with E-state index in [2.05, 4.69) is 0 Å². The van der Waals surface area contributed by atoms with E-state index in [9.17, 15) is 5.11 Å². The number of ether oxygens (including phenoxy) is 2. The van der Waals surface area contributed by atoms with Crippen LogP contribution in [0.3, 0.4) is 0 Å². The molecule has 0 atom stereocenters. The van der Waals surface area contributed by atoms with Gasteiger partial charge in [-0.3, -0.25) is 0 Å². The lowest BCUT2D eigenvalue weighted by atomic mass is 9.64. The normalized spacial score (nSPS) is 20.3. The molecule has 3 N–H and O–H groups in total. The highest BCUT2D eigenvalue weighted by molar-refractivity contribution is 6.33. The SMILES string of the molecule is NCC1(c2c(Cl)c(O)cc3c2OCCO3)CCC1. The molecule has 5 heteroatoms. The Balaban J connectivity index is 2.20. The first-order chi connectivity index (χ1) is 8.68. The van der Waals surface area contributed by atoms with Crippen LogP contribution in [0.15, 0.2) is 6.07 Å². The highest BCUT2D eigenvalue weighted by Crippen LogP contribution is 2.54. The van der Waals surface area contributed by atoms with Gasteiger partial charge in [0.25, 0.3) is 0 Å². The predicted octanol–water partition coefficient (Wildman–Crippen LogP) is 2.20. The summed E-state index contributed by atoms with van der Waals surface area (Å²) in [4.78, 5) is 0. The van der Waals surface area contributed by atoms with Crippen molar-refractivity contribution in [2.24, 2.45) is 5.73 Å². The van der Waals surface area contributed by atoms with Crippen LogP contribution in [0, 0.1) is 0 Å². The number of aromatic hydroxyl groups is 1. The van der Waals surface area contributed by atoms with Gasteiger partial charge >= 0.3 is 0 Å². The number of rotatable bonds is 2. The maximum Gasteiger partial charge on any atom is 0.166 e. The average molecular weight is 270 g/mol. The molecule has 1 aliphatic carbocycles. The van der Waals surface area contributed by atoms with Crippen molar-refractivity contribution in [3.8, 4) is 17.2 Å². The van der Waals surface area contributed by atoms with Gasteiger partial charge in [-0.2, -0.15) is 0 Å². The van der Waals surface area contributed by atoms with Crippen molar-refractivity contribution in [2.75, 3.05) is 19.8 Å². The fourth-order valence-corrected chi connectivity index (χ4v) is 3.12. The lowest BCUT2D eigenvalue weighted by molar-refractivity contribution is 0.159. The van der Waals surface area contributed by atoms with E-state index in [4.69, 9.17) is 26.8 Å². The monoisotopic (exact) mass is 269 g/mol. The molecule has 0 radical (unpaired) electrons. The Kier molecular flexibility index (Phi) is 2.79. The van der Waals surface area contributed by atoms with Gasteiger partial charge in [0.1, 0.15) is 19.0 Å². The first-order valence-corrected chi connectivity index (χ1v) is 6.57. The summed E-state index contributed by atoms with van der Waals surface area (Å²) >= 11 is 6.26. The summed E-state index contributed by atoms with van der Waals surface area (Å²) in [5.41, 5.74) is 6.58. The molecule has 1 fully saturated rings. The molecule has 0 amide bonds. The lowest BCUT2D eigenvalue weighted by Gasteiger charge is -2.43. The molecular formula is C13H16ClNO3. The Labute approximate surface area is 111 Å². The molecule has 0 unspecified atom stereocenters. The summed E-state index contributed by atoms with van der Waals surface area (Å²) in [6, 6.07) is 1.52. The maximum absolute atomic E-state index is 9.93. The molecule has 1 aliphatic heterocycles. The molecule has 0 saturated heterocycles. The Morgan fingerprint density at radius 2 is 2.06 bits per heavy atom. The third-order valence-electron chi connectivity index (χ3n) is 3.98. The quantitative estimate of drug-likeness (QED) is 0.864. The summed E-state index contributed by atoms with van der Waals surface area (Å²) in [5.74, 6) is 1.27. The van der Waals surface area contributed by atoms with Crippen LogP contribution in [0.25, 0.3) is 0 Å². The van der Waals surface area contributed by atoms with Crippen LogP contribution < -0.4 is 15.2 Å². The summed E-state index contributed by atoms with van der Waals surface area (Å²) in [6.45, 7) is 1.50. The fraction of sp³-hybridized carbons (Fsp3) is 0.538. The van der Waals surface area contributed by atoms with Crippen LogP contribution in [0.4, 0.5) is 0 Å². The number of nitrogens with two attached hydrogens (primary N) is 1. The van der Waals surface area contributed by atoms with Gasteiger partial charge in [0, 0.05) is 23.6 Å². The van der Waals surface area contributed by atoms with Crippen molar-refractivity contribution in [1.29, 1.82) is 0 Å². The molecule has 1 saturated carbocycles. The van der Waals surface area contributed by atoms with Crippen molar-refractivity contribution in [2.45, 2.75) is 24.7 Å². The number of hydrogen-bond donors (Lipinski definition) is 2. The van der Waals surface area contributed by atoms with E-state index in [1.54, 1.807) is 0 Å². The van der Waals surface area contributed by atoms with Crippen molar-refractivity contribution >= 4 is 11.6 Å². The molecule has 4 nitrogen and oxygen atoms in total. The van der Waals surface area contributed by atoms with Gasteiger partial charge in [-0.1, -0.05) is 18.0 Å². The number of phenols is 1. The van der Waals surface area contributed by atoms with Gasteiger partial charge in [0.15, 0.2) is 11.5 Å². The Morgan fingerprint density at radius 3 is 2.67 bits per heavy atom. The average Bonchev–Trinajstić information content (AvgIpc) is 2.33. The second-order valence-corrected chi connectivity index (χ2v) is 5.32. The number of halogens is 1. The first kappa shape index (κ1) is 11.9. The number of hydrogen-bond acceptors (Lipinski definition) is 4. The molecule has 3 rings (SSSR count). The highest BCUT2D eigenvalue weighted by Gasteiger charge is 2.43. The van der Waals surface area contributed by atoms with Crippen LogP contribution >= 0.6 is 11.6 Å². The van der Waals surface area contributed by atoms with Crippen molar-refractivity contribution < 1.29 is 14.6 Å². The van der Waals surface area contributed by atoms with Gasteiger partial charge in [-0.25, -0.2) is 0 Å². The molecule has 98 valence electrons. The van der Waals surface area contributed by atoms with E-state index in [0.29, 0.717) is 36.3 Å². The minimum Gasteiger partial charge on any atom is -0.506 e. The van der Waals surface area contributed by atoms with Gasteiger partial charge in [0.05, 0.1) is 5.02 Å². The zero-order valence-corrected chi connectivity index (χ0v) is 10.8. The molecule has 1 aromatic rings. The van der Waals surface area contributed by atoms with Gasteiger partial charge in [-0.15, -0.1) is 0 Å². The minimum absolute atomic E-state index is 0.0376. The van der Waals surface area contributed by atoms with Crippen molar-refractivity contribution in [3.05, 3.63) is 16.7 Å². The van der Waals surface area contributed by atoms with Crippen LogP contribution in [-0.4, -0.2) is 24.9 Å². The van der Waals surface area contributed by atoms with Crippen LogP contribution in [0.1, 0.15) is 24.8 Å². The third kappa shape index (κ3) is 1.56. The van der Waals surface area contributed by atoms with E-state index in [1.807, 2.05) is 0 Å². The zero-order chi connectivity index (χ0) is 12.8. The minimum atomic E-state index is -0.166. The van der Waals surface area contributed by atoms with E-state index < -0.39 is 0 Å². The van der Waals surface area contributed by atoms with E-state index in [1.165, 1.54) is 6.07 Å². The smallest absolute Gasteiger partial charge is 0.166 e. The largest absolute Gasteiger partial charge is 0.506 e. The topological polar surface area (TPSA) is 64.7 Å². The molecule has 1 heterocycles. The maximum atomic E-state index is 9.93. The van der Waals surface area contributed by atoms with Crippen molar-refractivity contribution in [1.82, 2.24) is 0 Å². The molecule has 0 aromatic heterocycles. The Hall–Kier alpha value is -1.13. The fourth-order valence-electron chi connectivity index (χ4n) is 2.78. The summed E-state index contributed by atoms with van der Waals surface area (Å²) in [6.07, 6.45) is 3.07. The van der Waals surface area contributed by atoms with E-state index in [-0.39, 0.29) is 11.2 Å². The van der Waals surface area contributed by atoms with Gasteiger partial charge < -0.3 is 20.3 Å². The lowest BCUT2D eigenvalue weighted by Crippen LogP contribution is -2.42. The molecule has 2 aliphatic rings. The zero-order valence-electron chi connectivity index (χ0n) is 10.0. The second kappa shape index (κ2) is 4.21. The summed E-state index contributed by atoms with van der Waals surface area (Å²) in [5, 5.41) is 10.3.